The number of ether oxygens (including phenoxy) is 1. The van der Waals surface area contributed by atoms with Crippen LogP contribution in [0.3, 0.4) is 0 Å². The normalized spacial score (nSPS) is 10.5. The quantitative estimate of drug-likeness (QED) is 0.904. The Labute approximate surface area is 117 Å². The fourth-order valence-corrected chi connectivity index (χ4v) is 2.13. The number of carbonyl (C=O) groups excluding carboxylic acids is 1. The third-order valence-electron chi connectivity index (χ3n) is 3.24. The monoisotopic (exact) mass is 274 g/mol. The molecule has 0 spiro atoms. The molecule has 20 heavy (non-hydrogen) atoms. The van der Waals surface area contributed by atoms with Crippen molar-refractivity contribution in [2.45, 2.75) is 13.8 Å². The minimum absolute atomic E-state index is 0.0202. The van der Waals surface area contributed by atoms with Gasteiger partial charge in [0.25, 0.3) is 11.5 Å². The van der Waals surface area contributed by atoms with E-state index in [-0.39, 0.29) is 18.1 Å². The molecule has 0 fully saturated rings. The van der Waals surface area contributed by atoms with Crippen molar-refractivity contribution in [2.24, 2.45) is 0 Å². The maximum Gasteiger partial charge on any atom is 0.260 e. The van der Waals surface area contributed by atoms with Gasteiger partial charge in [0.2, 0.25) is 0 Å². The van der Waals surface area contributed by atoms with Crippen molar-refractivity contribution in [3.8, 4) is 5.75 Å². The van der Waals surface area contributed by atoms with E-state index in [1.807, 2.05) is 13.8 Å². The standard InChI is InChI=1S/C15H18N2O3/c1-3-17(4-2)14(18)10-20-13-7-5-6-12-11(13)8-9-16-15(12)19/h5-9H,3-4,10H2,1-2H3,(H,16,19). The number of nitrogens with zero attached hydrogens (tertiary/aromatic N) is 1. The predicted octanol–water partition coefficient (Wildman–Crippen LogP) is 1.78. The van der Waals surface area contributed by atoms with Crippen molar-refractivity contribution >= 4 is 16.7 Å². The molecular weight excluding hydrogens is 256 g/mol. The summed E-state index contributed by atoms with van der Waals surface area (Å²) in [6.45, 7) is 5.16. The van der Waals surface area contributed by atoms with Gasteiger partial charge in [-0.05, 0) is 32.0 Å². The molecule has 2 rings (SSSR count). The molecule has 5 heteroatoms. The zero-order valence-corrected chi connectivity index (χ0v) is 11.7. The van der Waals surface area contributed by atoms with Gasteiger partial charge in [-0.15, -0.1) is 0 Å². The Morgan fingerprint density at radius 3 is 2.65 bits per heavy atom. The van der Waals surface area contributed by atoms with E-state index in [1.165, 1.54) is 0 Å². The molecule has 1 N–H and O–H groups in total. The van der Waals surface area contributed by atoms with Gasteiger partial charge in [0, 0.05) is 24.7 Å². The van der Waals surface area contributed by atoms with E-state index in [2.05, 4.69) is 4.98 Å². The summed E-state index contributed by atoms with van der Waals surface area (Å²) < 4.78 is 5.58. The molecule has 0 aliphatic carbocycles. The Hall–Kier alpha value is -2.30. The molecule has 1 aromatic heterocycles. The Kier molecular flexibility index (Phi) is 4.40. The smallest absolute Gasteiger partial charge is 0.260 e. The fraction of sp³-hybridized carbons (Fsp3) is 0.333. The molecule has 5 nitrogen and oxygen atoms in total. The number of rotatable bonds is 5. The van der Waals surface area contributed by atoms with E-state index in [1.54, 1.807) is 35.4 Å². The molecule has 1 heterocycles. The van der Waals surface area contributed by atoms with Gasteiger partial charge in [-0.2, -0.15) is 0 Å². The lowest BCUT2D eigenvalue weighted by Crippen LogP contribution is -2.34. The molecule has 0 radical (unpaired) electrons. The largest absolute Gasteiger partial charge is 0.483 e. The SMILES string of the molecule is CCN(CC)C(=O)COc1cccc2c(=O)[nH]ccc12. The second kappa shape index (κ2) is 6.23. The van der Waals surface area contributed by atoms with Gasteiger partial charge in [-0.3, -0.25) is 9.59 Å². The number of hydrogen-bond donors (Lipinski definition) is 1. The molecule has 1 aromatic carbocycles. The second-order valence-corrected chi connectivity index (χ2v) is 4.38. The lowest BCUT2D eigenvalue weighted by Gasteiger charge is -2.19. The summed E-state index contributed by atoms with van der Waals surface area (Å²) in [6.07, 6.45) is 1.57. The van der Waals surface area contributed by atoms with Crippen LogP contribution in [0.25, 0.3) is 10.8 Å². The maximum absolute atomic E-state index is 11.9. The summed E-state index contributed by atoms with van der Waals surface area (Å²) in [7, 11) is 0. The molecule has 2 aromatic rings. The predicted molar refractivity (Wildman–Crippen MR) is 78.0 cm³/mol. The van der Waals surface area contributed by atoms with Crippen molar-refractivity contribution in [3.63, 3.8) is 0 Å². The van der Waals surface area contributed by atoms with Gasteiger partial charge in [0.05, 0.1) is 5.39 Å². The summed E-state index contributed by atoms with van der Waals surface area (Å²) in [5.41, 5.74) is -0.164. The summed E-state index contributed by atoms with van der Waals surface area (Å²) >= 11 is 0. The molecule has 0 bridgehead atoms. The summed E-state index contributed by atoms with van der Waals surface area (Å²) in [5, 5.41) is 1.27. The number of fused-ring (bicyclic) bond motifs is 1. The Balaban J connectivity index is 2.21. The molecule has 106 valence electrons. The Morgan fingerprint density at radius 2 is 1.95 bits per heavy atom. The van der Waals surface area contributed by atoms with Crippen molar-refractivity contribution in [2.75, 3.05) is 19.7 Å². The third-order valence-corrected chi connectivity index (χ3v) is 3.24. The third kappa shape index (κ3) is 2.82. The van der Waals surface area contributed by atoms with Crippen LogP contribution in [0.15, 0.2) is 35.3 Å². The van der Waals surface area contributed by atoms with E-state index in [4.69, 9.17) is 4.74 Å². The van der Waals surface area contributed by atoms with E-state index in [0.717, 1.165) is 0 Å². The highest BCUT2D eigenvalue weighted by Crippen LogP contribution is 2.22. The molecule has 0 unspecified atom stereocenters. The molecule has 0 saturated heterocycles. The average molecular weight is 274 g/mol. The number of amides is 1. The number of H-pyrrole nitrogens is 1. The van der Waals surface area contributed by atoms with Gasteiger partial charge < -0.3 is 14.6 Å². The van der Waals surface area contributed by atoms with Crippen LogP contribution < -0.4 is 10.3 Å². The first-order valence-corrected chi connectivity index (χ1v) is 6.68. The van der Waals surface area contributed by atoms with Gasteiger partial charge in [-0.1, -0.05) is 6.07 Å². The van der Waals surface area contributed by atoms with Crippen molar-refractivity contribution in [1.29, 1.82) is 0 Å². The van der Waals surface area contributed by atoms with Crippen LogP contribution in [0.4, 0.5) is 0 Å². The molecular formula is C15H18N2O3. The first-order chi connectivity index (χ1) is 9.67. The number of nitrogens with one attached hydrogen (secondary N) is 1. The summed E-state index contributed by atoms with van der Waals surface area (Å²) in [6, 6.07) is 7.01. The minimum Gasteiger partial charge on any atom is -0.483 e. The van der Waals surface area contributed by atoms with Crippen LogP contribution >= 0.6 is 0 Å². The van der Waals surface area contributed by atoms with E-state index in [0.29, 0.717) is 29.6 Å². The van der Waals surface area contributed by atoms with Crippen LogP contribution in [0.5, 0.6) is 5.75 Å². The first-order valence-electron chi connectivity index (χ1n) is 6.68. The highest BCUT2D eigenvalue weighted by molar-refractivity contribution is 5.87. The van der Waals surface area contributed by atoms with Gasteiger partial charge >= 0.3 is 0 Å². The highest BCUT2D eigenvalue weighted by Gasteiger charge is 2.11. The van der Waals surface area contributed by atoms with Crippen molar-refractivity contribution in [1.82, 2.24) is 9.88 Å². The number of pyridine rings is 1. The number of aromatic amines is 1. The van der Waals surface area contributed by atoms with Crippen molar-refractivity contribution in [3.05, 3.63) is 40.8 Å². The number of hydrogen-bond acceptors (Lipinski definition) is 3. The summed E-state index contributed by atoms with van der Waals surface area (Å²) in [5.74, 6) is 0.492. The van der Waals surface area contributed by atoms with E-state index < -0.39 is 0 Å². The number of carbonyl (C=O) groups is 1. The topological polar surface area (TPSA) is 62.4 Å². The highest BCUT2D eigenvalue weighted by atomic mass is 16.5. The fourth-order valence-electron chi connectivity index (χ4n) is 2.13. The van der Waals surface area contributed by atoms with E-state index in [9.17, 15) is 9.59 Å². The number of benzene rings is 1. The summed E-state index contributed by atoms with van der Waals surface area (Å²) in [4.78, 5) is 27.9. The second-order valence-electron chi connectivity index (χ2n) is 4.38. The molecule has 0 saturated carbocycles. The lowest BCUT2D eigenvalue weighted by molar-refractivity contribution is -0.132. The average Bonchev–Trinajstić information content (AvgIpc) is 2.47. The van der Waals surface area contributed by atoms with Crippen LogP contribution in [-0.2, 0) is 4.79 Å². The van der Waals surface area contributed by atoms with Gasteiger partial charge in [-0.25, -0.2) is 0 Å². The molecule has 0 atom stereocenters. The number of likely N-dealkylation sites (N-methyl/N-ethyl adjacent to an activating group) is 1. The Bertz CT molecular complexity index is 659. The minimum atomic E-state index is -0.164. The Morgan fingerprint density at radius 1 is 1.20 bits per heavy atom. The zero-order chi connectivity index (χ0) is 14.5. The van der Waals surface area contributed by atoms with Crippen LogP contribution in [0, 0.1) is 0 Å². The lowest BCUT2D eigenvalue weighted by atomic mass is 10.1. The van der Waals surface area contributed by atoms with Crippen LogP contribution in [0.1, 0.15) is 13.8 Å². The van der Waals surface area contributed by atoms with Crippen LogP contribution in [0.2, 0.25) is 0 Å². The van der Waals surface area contributed by atoms with Crippen molar-refractivity contribution < 1.29 is 9.53 Å². The van der Waals surface area contributed by atoms with Gasteiger partial charge in [0.15, 0.2) is 6.61 Å². The van der Waals surface area contributed by atoms with Gasteiger partial charge in [0.1, 0.15) is 5.75 Å². The molecule has 0 aliphatic rings. The van der Waals surface area contributed by atoms with Crippen LogP contribution in [-0.4, -0.2) is 35.5 Å². The maximum atomic E-state index is 11.9. The number of aromatic nitrogens is 1. The molecule has 0 aliphatic heterocycles. The first kappa shape index (κ1) is 14.1. The molecule has 1 amide bonds. The van der Waals surface area contributed by atoms with E-state index >= 15 is 0 Å². The zero-order valence-electron chi connectivity index (χ0n) is 11.7.